The second kappa shape index (κ2) is 6.78. The van der Waals surface area contributed by atoms with E-state index in [1.165, 1.54) is 12.8 Å². The van der Waals surface area contributed by atoms with Crippen LogP contribution < -0.4 is 10.5 Å². The largest absolute Gasteiger partial charge is 0.490 e. The van der Waals surface area contributed by atoms with Gasteiger partial charge in [-0.05, 0) is 44.4 Å². The van der Waals surface area contributed by atoms with Crippen molar-refractivity contribution < 1.29 is 4.74 Å². The smallest absolute Gasteiger partial charge is 0.127 e. The molecule has 1 heterocycles. The van der Waals surface area contributed by atoms with E-state index in [0.29, 0.717) is 24.5 Å². The average molecular weight is 290 g/mol. The third-order valence-corrected chi connectivity index (χ3v) is 4.86. The van der Waals surface area contributed by atoms with Crippen LogP contribution in [-0.4, -0.2) is 11.1 Å². The predicted molar refractivity (Wildman–Crippen MR) is 87.4 cm³/mol. The lowest BCUT2D eigenvalue weighted by Crippen LogP contribution is -2.36. The molecule has 0 aromatic carbocycles. The number of nitrogens with two attached hydrogens (primary N) is 1. The monoisotopic (exact) mass is 290 g/mol. The molecule has 3 nitrogen and oxygen atoms in total. The van der Waals surface area contributed by atoms with Crippen molar-refractivity contribution in [2.75, 3.05) is 0 Å². The minimum absolute atomic E-state index is 0.306. The normalized spacial score (nSPS) is 26.1. The van der Waals surface area contributed by atoms with E-state index in [4.69, 9.17) is 10.5 Å². The van der Waals surface area contributed by atoms with Crippen LogP contribution in [0.25, 0.3) is 0 Å². The van der Waals surface area contributed by atoms with E-state index in [1.54, 1.807) is 0 Å². The van der Waals surface area contributed by atoms with Crippen molar-refractivity contribution in [2.45, 2.75) is 66.5 Å². The van der Waals surface area contributed by atoms with Gasteiger partial charge in [-0.1, -0.05) is 27.2 Å². The first-order valence-corrected chi connectivity index (χ1v) is 8.26. The molecule has 0 aliphatic heterocycles. The number of hydrogen-bond acceptors (Lipinski definition) is 3. The lowest BCUT2D eigenvalue weighted by molar-refractivity contribution is 0.0451. The van der Waals surface area contributed by atoms with Gasteiger partial charge in [0.2, 0.25) is 0 Å². The van der Waals surface area contributed by atoms with Gasteiger partial charge in [0.1, 0.15) is 11.9 Å². The number of ether oxygens (including phenoxy) is 1. The summed E-state index contributed by atoms with van der Waals surface area (Å²) in [5, 5.41) is 0. The van der Waals surface area contributed by atoms with E-state index >= 15 is 0 Å². The third-order valence-electron chi connectivity index (χ3n) is 4.86. The maximum Gasteiger partial charge on any atom is 0.127 e. The van der Waals surface area contributed by atoms with Crippen molar-refractivity contribution in [2.24, 2.45) is 23.5 Å². The van der Waals surface area contributed by atoms with Gasteiger partial charge >= 0.3 is 0 Å². The minimum atomic E-state index is 0.306. The zero-order chi connectivity index (χ0) is 15.6. The molecule has 0 bridgehead atoms. The summed E-state index contributed by atoms with van der Waals surface area (Å²) >= 11 is 0. The maximum absolute atomic E-state index is 6.46. The van der Waals surface area contributed by atoms with Crippen LogP contribution in [0.15, 0.2) is 6.07 Å². The Morgan fingerprint density at radius 3 is 2.67 bits per heavy atom. The van der Waals surface area contributed by atoms with Crippen molar-refractivity contribution in [1.29, 1.82) is 0 Å². The Hall–Kier alpha value is -1.09. The van der Waals surface area contributed by atoms with Crippen LogP contribution in [0.1, 0.15) is 57.0 Å². The summed E-state index contributed by atoms with van der Waals surface area (Å²) in [6, 6.07) is 2.05. The number of pyridine rings is 1. The molecule has 1 aliphatic carbocycles. The molecule has 3 unspecified atom stereocenters. The lowest BCUT2D eigenvalue weighted by atomic mass is 9.75. The zero-order valence-electron chi connectivity index (χ0n) is 14.1. The Morgan fingerprint density at radius 1 is 1.33 bits per heavy atom. The van der Waals surface area contributed by atoms with Crippen LogP contribution in [0, 0.1) is 31.6 Å². The maximum atomic E-state index is 6.46. The summed E-state index contributed by atoms with van der Waals surface area (Å²) in [7, 11) is 0. The van der Waals surface area contributed by atoms with E-state index in [1.807, 2.05) is 19.9 Å². The Balaban J connectivity index is 2.26. The minimum Gasteiger partial charge on any atom is -0.490 e. The van der Waals surface area contributed by atoms with Crippen LogP contribution in [0.2, 0.25) is 0 Å². The Bertz CT molecular complexity index is 484. The van der Waals surface area contributed by atoms with Crippen LogP contribution in [-0.2, 0) is 6.54 Å². The van der Waals surface area contributed by atoms with Gasteiger partial charge in [0.15, 0.2) is 0 Å². The molecule has 3 heteroatoms. The Labute approximate surface area is 129 Å². The zero-order valence-corrected chi connectivity index (χ0v) is 14.1. The summed E-state index contributed by atoms with van der Waals surface area (Å²) < 4.78 is 6.46. The molecule has 1 fully saturated rings. The topological polar surface area (TPSA) is 48.1 Å². The highest BCUT2D eigenvalue weighted by atomic mass is 16.5. The Kier molecular flexibility index (Phi) is 5.26. The van der Waals surface area contributed by atoms with Crippen molar-refractivity contribution >= 4 is 0 Å². The van der Waals surface area contributed by atoms with Gasteiger partial charge in [0.05, 0.1) is 0 Å². The standard InChI is InChI=1S/C18H30N2O/c1-11(2)15-7-6-12(3)8-17(15)21-18-9-13(4)20-14(5)16(18)10-19/h9,11-12,15,17H,6-8,10,19H2,1-5H3. The first kappa shape index (κ1) is 16.3. The summed E-state index contributed by atoms with van der Waals surface area (Å²) in [5.41, 5.74) is 8.97. The number of nitrogens with zero attached hydrogens (tertiary/aromatic N) is 1. The average Bonchev–Trinajstić information content (AvgIpc) is 2.37. The molecular formula is C18H30N2O. The molecule has 1 aliphatic rings. The molecule has 0 amide bonds. The fraction of sp³-hybridized carbons (Fsp3) is 0.722. The van der Waals surface area contributed by atoms with Gasteiger partial charge in [-0.15, -0.1) is 0 Å². The van der Waals surface area contributed by atoms with Crippen LogP contribution in [0.3, 0.4) is 0 Å². The van der Waals surface area contributed by atoms with Crippen LogP contribution >= 0.6 is 0 Å². The summed E-state index contributed by atoms with van der Waals surface area (Å²) in [4.78, 5) is 4.51. The van der Waals surface area contributed by atoms with Crippen LogP contribution in [0.4, 0.5) is 0 Å². The predicted octanol–water partition coefficient (Wildman–Crippen LogP) is 4.00. The van der Waals surface area contributed by atoms with Gasteiger partial charge in [-0.25, -0.2) is 0 Å². The van der Waals surface area contributed by atoms with Gasteiger partial charge < -0.3 is 10.5 Å². The molecule has 2 N–H and O–H groups in total. The highest BCUT2D eigenvalue weighted by Gasteiger charge is 2.32. The number of aromatic nitrogens is 1. The molecule has 118 valence electrons. The SMILES string of the molecule is Cc1cc(OC2CC(C)CCC2C(C)C)c(CN)c(C)n1. The van der Waals surface area contributed by atoms with Crippen LogP contribution in [0.5, 0.6) is 5.75 Å². The highest BCUT2D eigenvalue weighted by Crippen LogP contribution is 2.37. The summed E-state index contributed by atoms with van der Waals surface area (Å²) in [6.45, 7) is 11.5. The molecule has 0 radical (unpaired) electrons. The molecular weight excluding hydrogens is 260 g/mol. The second-order valence-corrected chi connectivity index (χ2v) is 7.01. The molecule has 3 atom stereocenters. The number of rotatable bonds is 4. The van der Waals surface area contributed by atoms with Gasteiger partial charge in [-0.2, -0.15) is 0 Å². The summed E-state index contributed by atoms with van der Waals surface area (Å²) in [6.07, 6.45) is 4.04. The van der Waals surface area contributed by atoms with E-state index in [0.717, 1.165) is 35.0 Å². The summed E-state index contributed by atoms with van der Waals surface area (Å²) in [5.74, 6) is 3.00. The molecule has 1 aromatic rings. The Morgan fingerprint density at radius 2 is 2.05 bits per heavy atom. The van der Waals surface area contributed by atoms with Crippen molar-refractivity contribution in [1.82, 2.24) is 4.98 Å². The highest BCUT2D eigenvalue weighted by molar-refractivity contribution is 5.38. The van der Waals surface area contributed by atoms with E-state index in [9.17, 15) is 0 Å². The first-order chi connectivity index (χ1) is 9.92. The second-order valence-electron chi connectivity index (χ2n) is 7.01. The van der Waals surface area contributed by atoms with E-state index < -0.39 is 0 Å². The van der Waals surface area contributed by atoms with Gasteiger partial charge in [0, 0.05) is 29.6 Å². The lowest BCUT2D eigenvalue weighted by Gasteiger charge is -2.37. The molecule has 0 saturated heterocycles. The fourth-order valence-corrected chi connectivity index (χ4v) is 3.59. The van der Waals surface area contributed by atoms with Gasteiger partial charge in [0.25, 0.3) is 0 Å². The fourth-order valence-electron chi connectivity index (χ4n) is 3.59. The van der Waals surface area contributed by atoms with Crippen molar-refractivity contribution in [3.05, 3.63) is 23.0 Å². The number of hydrogen-bond donors (Lipinski definition) is 1. The number of aryl methyl sites for hydroxylation is 2. The van der Waals surface area contributed by atoms with E-state index in [2.05, 4.69) is 25.8 Å². The van der Waals surface area contributed by atoms with Crippen molar-refractivity contribution in [3.8, 4) is 5.75 Å². The molecule has 0 spiro atoms. The van der Waals surface area contributed by atoms with Crippen molar-refractivity contribution in [3.63, 3.8) is 0 Å². The molecule has 1 saturated carbocycles. The molecule has 2 rings (SSSR count). The third kappa shape index (κ3) is 3.76. The quantitative estimate of drug-likeness (QED) is 0.912. The van der Waals surface area contributed by atoms with E-state index in [-0.39, 0.29) is 0 Å². The molecule has 1 aromatic heterocycles. The first-order valence-electron chi connectivity index (χ1n) is 8.26. The molecule has 21 heavy (non-hydrogen) atoms. The van der Waals surface area contributed by atoms with Gasteiger partial charge in [-0.3, -0.25) is 4.98 Å².